The monoisotopic (exact) mass is 744 g/mol. The predicted octanol–water partition coefficient (Wildman–Crippen LogP) is 6.78. The van der Waals surface area contributed by atoms with E-state index in [1.807, 2.05) is 0 Å². The van der Waals surface area contributed by atoms with Crippen LogP contribution in [0.15, 0.2) is 46.2 Å². The molecule has 0 atom stereocenters. The van der Waals surface area contributed by atoms with Gasteiger partial charge in [0.1, 0.15) is 6.29 Å². The van der Waals surface area contributed by atoms with Crippen molar-refractivity contribution in [2.45, 2.75) is 114 Å². The highest BCUT2D eigenvalue weighted by Crippen LogP contribution is 2.28. The van der Waals surface area contributed by atoms with Gasteiger partial charge in [0.25, 0.3) is 0 Å². The van der Waals surface area contributed by atoms with Crippen LogP contribution >= 0.6 is 0 Å². The van der Waals surface area contributed by atoms with Gasteiger partial charge in [-0.15, -0.1) is 0 Å². The summed E-state index contributed by atoms with van der Waals surface area (Å²) >= 11 is 0. The van der Waals surface area contributed by atoms with Gasteiger partial charge in [-0.25, -0.2) is 30.0 Å². The van der Waals surface area contributed by atoms with Crippen LogP contribution in [0.1, 0.15) is 113 Å². The van der Waals surface area contributed by atoms with E-state index in [0.29, 0.717) is 23.2 Å². The molecule has 0 unspecified atom stereocenters. The molecule has 4 N–H and O–H groups in total. The third kappa shape index (κ3) is 19.0. The topological polar surface area (TPSA) is 185 Å². The van der Waals surface area contributed by atoms with Crippen LogP contribution in [0.25, 0.3) is 0 Å². The quantitative estimate of drug-likeness (QED) is 0.0573. The van der Waals surface area contributed by atoms with E-state index >= 15 is 0 Å². The lowest BCUT2D eigenvalue weighted by atomic mass is 10.0. The average Bonchev–Trinajstić information content (AvgIpc) is 3.03. The lowest BCUT2D eigenvalue weighted by Crippen LogP contribution is -2.37. The third-order valence-electron chi connectivity index (χ3n) is 7.71. The molecule has 12 nitrogen and oxygen atoms in total. The minimum absolute atomic E-state index is 0.153. The van der Waals surface area contributed by atoms with Crippen molar-refractivity contribution in [3.63, 3.8) is 0 Å². The number of nitrogens with one attached hydrogen (secondary N) is 4. The number of carbonyl (C=O) groups is 2. The smallest absolute Gasteiger partial charge is 0.333 e. The first kappa shape index (κ1) is 43.9. The lowest BCUT2D eigenvalue weighted by molar-refractivity contribution is 0.112. The van der Waals surface area contributed by atoms with Crippen molar-refractivity contribution in [2.75, 3.05) is 35.5 Å². The van der Waals surface area contributed by atoms with E-state index in [0.717, 1.165) is 31.6 Å². The van der Waals surface area contributed by atoms with Gasteiger partial charge < -0.3 is 5.32 Å². The van der Waals surface area contributed by atoms with E-state index < -0.39 is 35.7 Å². The molecule has 2 rings (SSSR count). The lowest BCUT2D eigenvalue weighted by Gasteiger charge is -2.14. The normalized spacial score (nSPS) is 11.6. The molecule has 2 aromatic rings. The van der Waals surface area contributed by atoms with E-state index in [1.54, 1.807) is 31.2 Å². The largest absolute Gasteiger partial charge is 0.340 e. The molecule has 2 aromatic carbocycles. The Balaban J connectivity index is 0.000000510. The summed E-state index contributed by atoms with van der Waals surface area (Å²) in [6, 6.07) is 8.35. The van der Waals surface area contributed by atoms with Crippen molar-refractivity contribution >= 4 is 53.4 Å². The molecule has 49 heavy (non-hydrogen) atoms. The Hall–Kier alpha value is -3.17. The molecule has 0 heterocycles. The fraction of sp³-hybridized carbons (Fsp3) is 0.588. The molecular weight excluding hydrogens is 689 g/mol. The fourth-order valence-electron chi connectivity index (χ4n) is 4.91. The van der Waals surface area contributed by atoms with Crippen molar-refractivity contribution in [2.24, 2.45) is 0 Å². The molecular formula is C34H56N4O8S3. The highest BCUT2D eigenvalue weighted by atomic mass is 32.2. The van der Waals surface area contributed by atoms with E-state index in [1.165, 1.54) is 89.8 Å². The molecule has 0 aliphatic carbocycles. The first-order valence-electron chi connectivity index (χ1n) is 16.9. The van der Waals surface area contributed by atoms with E-state index in [4.69, 9.17) is 0 Å². The Morgan fingerprint density at radius 1 is 0.694 bits per heavy atom. The molecule has 15 heteroatoms. The third-order valence-corrected chi connectivity index (χ3v) is 11.5. The number of hydrogen-bond acceptors (Lipinski definition) is 9. The molecule has 0 bridgehead atoms. The molecule has 278 valence electrons. The zero-order valence-electron chi connectivity index (χ0n) is 29.6. The number of hydrogen-bond donors (Lipinski definition) is 4. The molecule has 0 radical (unpaired) electrons. The Kier molecular flexibility index (Phi) is 20.2. The number of sulfone groups is 2. The summed E-state index contributed by atoms with van der Waals surface area (Å²) in [7, 11) is -9.34. The summed E-state index contributed by atoms with van der Waals surface area (Å²) in [5.74, 6) is 0.153. The Morgan fingerprint density at radius 3 is 1.57 bits per heavy atom. The summed E-state index contributed by atoms with van der Waals surface area (Å²) in [6.45, 7) is 3.85. The molecule has 0 aromatic heterocycles. The van der Waals surface area contributed by atoms with Gasteiger partial charge in [-0.05, 0) is 55.3 Å². The van der Waals surface area contributed by atoms with E-state index in [-0.39, 0.29) is 21.2 Å². The number of carbonyl (C=O) groups excluding carboxylic acids is 2. The Labute approximate surface area is 294 Å². The number of sulfonamides is 1. The standard InChI is InChI=1S/C23H39NO3S.C11H17N3O5S2/c1-2-3-4-5-6-7-8-9-10-11-12-13-14-15-20-28(26,27)24-23-18-16-22(21-25)17-19-23;1-7-5-9(20(3,16)17)10(21(4,18)19)6-8(7)13-14-11(15)12-2/h16-19,21,24H,2-15,20H2,1H3;5-6,13H,1-4H3,(H2,12,14,15). The number of anilines is 2. The van der Waals surface area contributed by atoms with Crippen LogP contribution in [-0.2, 0) is 29.7 Å². The maximum Gasteiger partial charge on any atom is 0.333 e. The first-order valence-corrected chi connectivity index (χ1v) is 22.3. The minimum atomic E-state index is -3.75. The highest BCUT2D eigenvalue weighted by Gasteiger charge is 2.22. The summed E-state index contributed by atoms with van der Waals surface area (Å²) in [6.07, 6.45) is 20.1. The van der Waals surface area contributed by atoms with Gasteiger partial charge in [0.2, 0.25) is 10.0 Å². The maximum atomic E-state index is 12.1. The van der Waals surface area contributed by atoms with Crippen LogP contribution in [0.4, 0.5) is 16.2 Å². The second kappa shape index (κ2) is 22.5. The average molecular weight is 745 g/mol. The summed E-state index contributed by atoms with van der Waals surface area (Å²) in [5, 5.41) is 2.31. The molecule has 0 aliphatic rings. The summed E-state index contributed by atoms with van der Waals surface area (Å²) in [4.78, 5) is 21.1. The molecule has 0 fully saturated rings. The van der Waals surface area contributed by atoms with E-state index in [2.05, 4.69) is 27.8 Å². The van der Waals surface area contributed by atoms with Crippen molar-refractivity contribution < 1.29 is 34.8 Å². The second-order valence-electron chi connectivity index (χ2n) is 12.2. The molecule has 0 saturated heterocycles. The van der Waals surface area contributed by atoms with Crippen molar-refractivity contribution in [1.29, 1.82) is 0 Å². The Morgan fingerprint density at radius 2 is 1.14 bits per heavy atom. The fourth-order valence-corrected chi connectivity index (χ4v) is 8.57. The predicted molar refractivity (Wildman–Crippen MR) is 198 cm³/mol. The number of benzene rings is 2. The van der Waals surface area contributed by atoms with Crippen LogP contribution < -0.4 is 20.9 Å². The van der Waals surface area contributed by atoms with Crippen molar-refractivity contribution in [3.05, 3.63) is 47.5 Å². The number of urea groups is 1. The van der Waals surface area contributed by atoms with Crippen LogP contribution in [-0.4, -0.2) is 62.9 Å². The molecule has 2 amide bonds. The van der Waals surface area contributed by atoms with E-state index in [9.17, 15) is 34.8 Å². The first-order chi connectivity index (χ1) is 23.0. The zero-order valence-corrected chi connectivity index (χ0v) is 32.1. The van der Waals surface area contributed by atoms with Crippen LogP contribution in [0.2, 0.25) is 0 Å². The van der Waals surface area contributed by atoms with Crippen LogP contribution in [0.3, 0.4) is 0 Å². The van der Waals surface area contributed by atoms with Gasteiger partial charge in [0, 0.05) is 30.8 Å². The van der Waals surface area contributed by atoms with Gasteiger partial charge >= 0.3 is 6.03 Å². The van der Waals surface area contributed by atoms with Crippen molar-refractivity contribution in [1.82, 2.24) is 10.7 Å². The number of aryl methyl sites for hydroxylation is 1. The van der Waals surface area contributed by atoms with Gasteiger partial charge in [0.15, 0.2) is 19.7 Å². The second-order valence-corrected chi connectivity index (χ2v) is 18.1. The van der Waals surface area contributed by atoms with Gasteiger partial charge in [-0.2, -0.15) is 0 Å². The Bertz CT molecular complexity index is 1630. The number of unbranched alkanes of at least 4 members (excludes halogenated alkanes) is 13. The van der Waals surface area contributed by atoms with Gasteiger partial charge in [-0.1, -0.05) is 90.4 Å². The number of aldehydes is 1. The summed E-state index contributed by atoms with van der Waals surface area (Å²) in [5.41, 5.74) is 6.62. The molecule has 0 saturated carbocycles. The SMILES string of the molecule is CCCCCCCCCCCCCCCCS(=O)(=O)Nc1ccc(C=O)cc1.CNC(=O)NNc1cc(S(C)(=O)=O)c(S(C)(=O)=O)cc1C. The van der Waals surface area contributed by atoms with Crippen LogP contribution in [0.5, 0.6) is 0 Å². The zero-order chi connectivity index (χ0) is 36.9. The molecule has 0 aliphatic heterocycles. The van der Waals surface area contributed by atoms with Gasteiger partial charge in [0.05, 0.1) is 21.2 Å². The summed E-state index contributed by atoms with van der Waals surface area (Å²) < 4.78 is 73.7. The molecule has 0 spiro atoms. The number of rotatable bonds is 22. The van der Waals surface area contributed by atoms with Crippen LogP contribution in [0, 0.1) is 6.92 Å². The number of amides is 2. The highest BCUT2D eigenvalue weighted by molar-refractivity contribution is 7.94. The number of hydrazine groups is 1. The van der Waals surface area contributed by atoms with Gasteiger partial charge in [-0.3, -0.25) is 20.4 Å². The maximum absolute atomic E-state index is 12.1. The minimum Gasteiger partial charge on any atom is -0.340 e. The van der Waals surface area contributed by atoms with Crippen molar-refractivity contribution in [3.8, 4) is 0 Å².